The fraction of sp³-hybridized carbons (Fsp3) is 0.778. The molecule has 0 saturated heterocycles. The Kier molecular flexibility index (Phi) is 4.22. The van der Waals surface area contributed by atoms with Crippen LogP contribution in [0.15, 0.2) is 4.34 Å². The van der Waals surface area contributed by atoms with Crippen LogP contribution in [0.3, 0.4) is 0 Å². The van der Waals surface area contributed by atoms with E-state index in [2.05, 4.69) is 15.5 Å². The fourth-order valence-electron chi connectivity index (χ4n) is 1.72. The zero-order valence-electron chi connectivity index (χ0n) is 8.61. The minimum Gasteiger partial charge on any atom is -0.357 e. The van der Waals surface area contributed by atoms with Gasteiger partial charge >= 0.3 is 0 Å². The number of nitrogens with zero attached hydrogens (tertiary/aromatic N) is 2. The zero-order valence-corrected chi connectivity index (χ0v) is 10.2. The molecule has 3 N–H and O–H groups in total. The van der Waals surface area contributed by atoms with Crippen LogP contribution in [0.2, 0.25) is 0 Å². The van der Waals surface area contributed by atoms with Gasteiger partial charge < -0.3 is 11.1 Å². The highest BCUT2D eigenvalue weighted by Crippen LogP contribution is 2.28. The molecule has 0 amide bonds. The molecule has 84 valence electrons. The average molecular weight is 244 g/mol. The number of anilines is 1. The van der Waals surface area contributed by atoms with Crippen LogP contribution in [-0.2, 0) is 0 Å². The molecule has 2 rings (SSSR count). The molecular weight excluding hydrogens is 228 g/mol. The SMILES string of the molecule is NCCSc1nnc(NC2CCCC2)s1. The lowest BCUT2D eigenvalue weighted by Crippen LogP contribution is -2.13. The van der Waals surface area contributed by atoms with Gasteiger partial charge in [-0.2, -0.15) is 0 Å². The molecule has 1 fully saturated rings. The van der Waals surface area contributed by atoms with Crippen molar-refractivity contribution < 1.29 is 0 Å². The van der Waals surface area contributed by atoms with Crippen LogP contribution in [0.25, 0.3) is 0 Å². The highest BCUT2D eigenvalue weighted by atomic mass is 32.2. The van der Waals surface area contributed by atoms with Crippen molar-refractivity contribution in [2.45, 2.75) is 36.1 Å². The summed E-state index contributed by atoms with van der Waals surface area (Å²) < 4.78 is 1.01. The zero-order chi connectivity index (χ0) is 10.5. The number of nitrogens with one attached hydrogen (secondary N) is 1. The molecule has 1 aliphatic rings. The summed E-state index contributed by atoms with van der Waals surface area (Å²) in [4.78, 5) is 0. The van der Waals surface area contributed by atoms with Crippen LogP contribution in [0, 0.1) is 0 Å². The number of hydrogen-bond donors (Lipinski definition) is 2. The van der Waals surface area contributed by atoms with Crippen LogP contribution < -0.4 is 11.1 Å². The van der Waals surface area contributed by atoms with Crippen LogP contribution in [0.5, 0.6) is 0 Å². The Morgan fingerprint density at radius 1 is 1.40 bits per heavy atom. The first kappa shape index (κ1) is 11.2. The van der Waals surface area contributed by atoms with E-state index in [1.54, 1.807) is 23.1 Å². The normalized spacial score (nSPS) is 17.1. The third-order valence-electron chi connectivity index (χ3n) is 2.43. The largest absolute Gasteiger partial charge is 0.357 e. The number of thioether (sulfide) groups is 1. The Balaban J connectivity index is 1.83. The van der Waals surface area contributed by atoms with Crippen LogP contribution in [0.4, 0.5) is 5.13 Å². The smallest absolute Gasteiger partial charge is 0.206 e. The van der Waals surface area contributed by atoms with Crippen LogP contribution in [-0.4, -0.2) is 28.5 Å². The summed E-state index contributed by atoms with van der Waals surface area (Å²) in [5.74, 6) is 0.915. The predicted molar refractivity (Wildman–Crippen MR) is 65.6 cm³/mol. The Hall–Kier alpha value is -0.330. The Morgan fingerprint density at radius 2 is 2.20 bits per heavy atom. The molecule has 4 nitrogen and oxygen atoms in total. The first-order chi connectivity index (χ1) is 7.38. The monoisotopic (exact) mass is 244 g/mol. The summed E-state index contributed by atoms with van der Waals surface area (Å²) in [6, 6.07) is 0.616. The highest BCUT2D eigenvalue weighted by Gasteiger charge is 2.16. The summed E-state index contributed by atoms with van der Waals surface area (Å²) in [5.41, 5.74) is 5.44. The third kappa shape index (κ3) is 3.32. The Bertz CT molecular complexity index is 296. The van der Waals surface area contributed by atoms with E-state index in [4.69, 9.17) is 5.73 Å². The summed E-state index contributed by atoms with van der Waals surface area (Å²) in [6.45, 7) is 0.690. The van der Waals surface area contributed by atoms with Gasteiger partial charge in [-0.3, -0.25) is 0 Å². The molecule has 1 aromatic rings. The lowest BCUT2D eigenvalue weighted by molar-refractivity contribution is 0.751. The third-order valence-corrected chi connectivity index (χ3v) is 4.45. The fourth-order valence-corrected chi connectivity index (χ4v) is 3.39. The van der Waals surface area contributed by atoms with E-state index in [9.17, 15) is 0 Å². The van der Waals surface area contributed by atoms with Gasteiger partial charge in [-0.25, -0.2) is 0 Å². The van der Waals surface area contributed by atoms with E-state index in [-0.39, 0.29) is 0 Å². The van der Waals surface area contributed by atoms with Crippen molar-refractivity contribution in [1.82, 2.24) is 10.2 Å². The Labute approximate surface area is 98.0 Å². The number of aromatic nitrogens is 2. The molecule has 0 atom stereocenters. The standard InChI is InChI=1S/C9H16N4S2/c10-5-6-14-9-13-12-8(15-9)11-7-3-1-2-4-7/h7H,1-6,10H2,(H,11,12). The number of rotatable bonds is 5. The summed E-state index contributed by atoms with van der Waals surface area (Å²) in [7, 11) is 0. The van der Waals surface area contributed by atoms with Gasteiger partial charge in [0.25, 0.3) is 0 Å². The van der Waals surface area contributed by atoms with E-state index in [0.29, 0.717) is 12.6 Å². The minimum absolute atomic E-state index is 0.616. The number of hydrogen-bond acceptors (Lipinski definition) is 6. The maximum absolute atomic E-state index is 5.44. The first-order valence-corrected chi connectivity index (χ1v) is 7.11. The van der Waals surface area contributed by atoms with Gasteiger partial charge in [0.2, 0.25) is 5.13 Å². The molecule has 15 heavy (non-hydrogen) atoms. The molecule has 1 aliphatic carbocycles. The van der Waals surface area contributed by atoms with Gasteiger partial charge in [0.05, 0.1) is 0 Å². The van der Waals surface area contributed by atoms with Crippen molar-refractivity contribution in [3.05, 3.63) is 0 Å². The molecule has 0 bridgehead atoms. The average Bonchev–Trinajstić information content (AvgIpc) is 2.87. The lowest BCUT2D eigenvalue weighted by atomic mass is 10.3. The maximum Gasteiger partial charge on any atom is 0.206 e. The molecule has 0 unspecified atom stereocenters. The molecule has 1 heterocycles. The molecule has 6 heteroatoms. The molecule has 0 radical (unpaired) electrons. The summed E-state index contributed by atoms with van der Waals surface area (Å²) in [6.07, 6.45) is 5.21. The minimum atomic E-state index is 0.616. The molecule has 1 aromatic heterocycles. The van der Waals surface area contributed by atoms with Crippen molar-refractivity contribution in [2.24, 2.45) is 5.73 Å². The van der Waals surface area contributed by atoms with Crippen molar-refractivity contribution in [2.75, 3.05) is 17.6 Å². The second kappa shape index (κ2) is 5.67. The molecule has 0 aliphatic heterocycles. The van der Waals surface area contributed by atoms with Gasteiger partial charge in [-0.05, 0) is 12.8 Å². The summed E-state index contributed by atoms with van der Waals surface area (Å²) >= 11 is 3.31. The Morgan fingerprint density at radius 3 is 2.93 bits per heavy atom. The van der Waals surface area contributed by atoms with Crippen LogP contribution >= 0.6 is 23.1 Å². The van der Waals surface area contributed by atoms with Crippen LogP contribution in [0.1, 0.15) is 25.7 Å². The van der Waals surface area contributed by atoms with Gasteiger partial charge in [0.15, 0.2) is 4.34 Å². The highest BCUT2D eigenvalue weighted by molar-refractivity contribution is 8.01. The lowest BCUT2D eigenvalue weighted by Gasteiger charge is -2.08. The maximum atomic E-state index is 5.44. The molecular formula is C9H16N4S2. The second-order valence-corrected chi connectivity index (χ2v) is 5.96. The van der Waals surface area contributed by atoms with E-state index in [0.717, 1.165) is 15.2 Å². The summed E-state index contributed by atoms with van der Waals surface area (Å²) in [5, 5.41) is 12.6. The molecule has 0 aromatic carbocycles. The van der Waals surface area contributed by atoms with Crippen molar-refractivity contribution in [3.8, 4) is 0 Å². The van der Waals surface area contributed by atoms with E-state index in [1.165, 1.54) is 25.7 Å². The van der Waals surface area contributed by atoms with E-state index in [1.807, 2.05) is 0 Å². The topological polar surface area (TPSA) is 63.8 Å². The van der Waals surface area contributed by atoms with Gasteiger partial charge in [0.1, 0.15) is 0 Å². The van der Waals surface area contributed by atoms with E-state index >= 15 is 0 Å². The molecule has 1 saturated carbocycles. The number of nitrogens with two attached hydrogens (primary N) is 1. The van der Waals surface area contributed by atoms with Crippen molar-refractivity contribution in [1.29, 1.82) is 0 Å². The van der Waals surface area contributed by atoms with Gasteiger partial charge in [-0.1, -0.05) is 35.9 Å². The van der Waals surface area contributed by atoms with Crippen molar-refractivity contribution in [3.63, 3.8) is 0 Å². The van der Waals surface area contributed by atoms with E-state index < -0.39 is 0 Å². The van der Waals surface area contributed by atoms with Crippen molar-refractivity contribution >= 4 is 28.2 Å². The second-order valence-electron chi connectivity index (χ2n) is 3.64. The molecule has 0 spiro atoms. The van der Waals surface area contributed by atoms with Gasteiger partial charge in [-0.15, -0.1) is 10.2 Å². The predicted octanol–water partition coefficient (Wildman–Crippen LogP) is 1.94. The van der Waals surface area contributed by atoms with Gasteiger partial charge in [0, 0.05) is 18.3 Å². The quantitative estimate of drug-likeness (QED) is 0.775. The first-order valence-electron chi connectivity index (χ1n) is 5.31.